The first kappa shape index (κ1) is 13.2. The lowest BCUT2D eigenvalue weighted by molar-refractivity contribution is -0.136. The van der Waals surface area contributed by atoms with Gasteiger partial charge < -0.3 is 10.2 Å². The predicted octanol–water partition coefficient (Wildman–Crippen LogP) is 2.67. The zero-order valence-electron chi connectivity index (χ0n) is 10.5. The van der Waals surface area contributed by atoms with E-state index >= 15 is 0 Å². The van der Waals surface area contributed by atoms with Crippen LogP contribution in [0.5, 0.6) is 0 Å². The van der Waals surface area contributed by atoms with Gasteiger partial charge in [-0.15, -0.1) is 0 Å². The van der Waals surface area contributed by atoms with Crippen molar-refractivity contribution in [1.29, 1.82) is 0 Å². The molecule has 2 fully saturated rings. The number of halogens is 2. The topological polar surface area (TPSA) is 32.3 Å². The van der Waals surface area contributed by atoms with Crippen LogP contribution in [-0.2, 0) is 4.79 Å². The summed E-state index contributed by atoms with van der Waals surface area (Å²) in [5.74, 6) is 0.419. The van der Waals surface area contributed by atoms with Crippen molar-refractivity contribution in [3.05, 3.63) is 33.8 Å². The number of amides is 1. The minimum atomic E-state index is -0.113. The van der Waals surface area contributed by atoms with Crippen LogP contribution in [0.25, 0.3) is 0 Å². The smallest absolute Gasteiger partial charge is 0.240 e. The Morgan fingerprint density at radius 2 is 2.05 bits per heavy atom. The van der Waals surface area contributed by atoms with Gasteiger partial charge in [-0.1, -0.05) is 29.3 Å². The summed E-state index contributed by atoms with van der Waals surface area (Å²) in [7, 11) is 0. The number of benzene rings is 1. The van der Waals surface area contributed by atoms with Crippen molar-refractivity contribution in [2.75, 3.05) is 19.6 Å². The molecule has 0 aromatic heterocycles. The Hall–Kier alpha value is -0.770. The maximum Gasteiger partial charge on any atom is 0.240 e. The summed E-state index contributed by atoms with van der Waals surface area (Å²) in [5, 5.41) is 4.43. The van der Waals surface area contributed by atoms with E-state index in [9.17, 15) is 4.79 Å². The van der Waals surface area contributed by atoms with Gasteiger partial charge >= 0.3 is 0 Å². The summed E-state index contributed by atoms with van der Waals surface area (Å²) in [5.41, 5.74) is 1.10. The predicted molar refractivity (Wildman–Crippen MR) is 76.8 cm³/mol. The van der Waals surface area contributed by atoms with E-state index in [0.717, 1.165) is 38.0 Å². The first-order valence-electron chi connectivity index (χ1n) is 6.64. The largest absolute Gasteiger partial charge is 0.341 e. The van der Waals surface area contributed by atoms with E-state index < -0.39 is 0 Å². The van der Waals surface area contributed by atoms with Crippen LogP contribution in [0.3, 0.4) is 0 Å². The molecule has 2 aliphatic heterocycles. The Bertz CT molecular complexity index is 502. The summed E-state index contributed by atoms with van der Waals surface area (Å²) in [6.45, 7) is 2.66. The van der Waals surface area contributed by atoms with Crippen LogP contribution in [0, 0.1) is 0 Å². The molecular weight excluding hydrogens is 283 g/mol. The van der Waals surface area contributed by atoms with Crippen molar-refractivity contribution in [2.45, 2.75) is 24.8 Å². The number of carbonyl (C=O) groups excluding carboxylic acids is 1. The summed E-state index contributed by atoms with van der Waals surface area (Å²) in [6.07, 6.45) is 2.08. The van der Waals surface area contributed by atoms with Crippen LogP contribution >= 0.6 is 23.2 Å². The molecule has 1 amide bonds. The van der Waals surface area contributed by atoms with E-state index in [0.29, 0.717) is 10.0 Å². The van der Waals surface area contributed by atoms with Crippen LogP contribution in [0.4, 0.5) is 0 Å². The third-order valence-electron chi connectivity index (χ3n) is 4.03. The average Bonchev–Trinajstić information content (AvgIpc) is 2.79. The SMILES string of the molecule is O=C([C@@H]1NCC[C@@H]1c1ccc(Cl)c(Cl)c1)N1CCC1. The molecule has 1 N–H and O–H groups in total. The van der Waals surface area contributed by atoms with Crippen LogP contribution in [0.1, 0.15) is 24.3 Å². The second-order valence-electron chi connectivity index (χ2n) is 5.18. The lowest BCUT2D eigenvalue weighted by atomic mass is 9.90. The minimum Gasteiger partial charge on any atom is -0.341 e. The van der Waals surface area contributed by atoms with E-state index in [1.807, 2.05) is 23.1 Å². The molecule has 1 aromatic rings. The van der Waals surface area contributed by atoms with E-state index in [-0.39, 0.29) is 17.9 Å². The molecule has 2 atom stereocenters. The molecule has 0 bridgehead atoms. The molecule has 2 saturated heterocycles. The number of hydrogen-bond donors (Lipinski definition) is 1. The number of likely N-dealkylation sites (tertiary alicyclic amines) is 1. The lowest BCUT2D eigenvalue weighted by Crippen LogP contribution is -2.51. The van der Waals surface area contributed by atoms with Gasteiger partial charge in [0, 0.05) is 19.0 Å². The molecule has 2 heterocycles. The van der Waals surface area contributed by atoms with Crippen molar-refractivity contribution in [3.63, 3.8) is 0 Å². The fraction of sp³-hybridized carbons (Fsp3) is 0.500. The van der Waals surface area contributed by atoms with Gasteiger partial charge in [0.1, 0.15) is 0 Å². The normalized spacial score (nSPS) is 26.3. The van der Waals surface area contributed by atoms with Crippen LogP contribution in [0.2, 0.25) is 10.0 Å². The van der Waals surface area contributed by atoms with Crippen molar-refractivity contribution in [1.82, 2.24) is 10.2 Å². The van der Waals surface area contributed by atoms with Gasteiger partial charge in [0.15, 0.2) is 0 Å². The van der Waals surface area contributed by atoms with Crippen LogP contribution < -0.4 is 5.32 Å². The third-order valence-corrected chi connectivity index (χ3v) is 4.77. The van der Waals surface area contributed by atoms with Crippen LogP contribution in [-0.4, -0.2) is 36.5 Å². The molecule has 0 radical (unpaired) electrons. The second kappa shape index (κ2) is 5.31. The highest BCUT2D eigenvalue weighted by Crippen LogP contribution is 2.33. The van der Waals surface area contributed by atoms with Crippen molar-refractivity contribution < 1.29 is 4.79 Å². The quantitative estimate of drug-likeness (QED) is 0.910. The van der Waals surface area contributed by atoms with Crippen molar-refractivity contribution in [3.8, 4) is 0 Å². The standard InChI is InChI=1S/C14H16Cl2N2O/c15-11-3-2-9(8-12(11)16)10-4-5-17-13(10)14(19)18-6-1-7-18/h2-3,8,10,13,17H,1,4-7H2/t10-,13-/m1/s1. The second-order valence-corrected chi connectivity index (χ2v) is 5.99. The Balaban J connectivity index is 1.81. The van der Waals surface area contributed by atoms with E-state index in [2.05, 4.69) is 5.32 Å². The van der Waals surface area contributed by atoms with Gasteiger partial charge in [-0.25, -0.2) is 0 Å². The Morgan fingerprint density at radius 1 is 1.26 bits per heavy atom. The lowest BCUT2D eigenvalue weighted by Gasteiger charge is -2.34. The summed E-state index contributed by atoms with van der Waals surface area (Å²) >= 11 is 12.0. The third kappa shape index (κ3) is 2.47. The van der Waals surface area contributed by atoms with Crippen LogP contribution in [0.15, 0.2) is 18.2 Å². The minimum absolute atomic E-state index is 0.113. The molecule has 19 heavy (non-hydrogen) atoms. The molecular formula is C14H16Cl2N2O. The molecule has 1 aromatic carbocycles. The fourth-order valence-corrected chi connectivity index (χ4v) is 3.10. The summed E-state index contributed by atoms with van der Waals surface area (Å²) in [6, 6.07) is 5.56. The molecule has 102 valence electrons. The van der Waals surface area contributed by atoms with Gasteiger partial charge in [0.2, 0.25) is 5.91 Å². The molecule has 2 aliphatic rings. The van der Waals surface area contributed by atoms with Crippen molar-refractivity contribution >= 4 is 29.1 Å². The first-order chi connectivity index (χ1) is 9.16. The fourth-order valence-electron chi connectivity index (χ4n) is 2.80. The maximum atomic E-state index is 12.4. The summed E-state index contributed by atoms with van der Waals surface area (Å²) in [4.78, 5) is 14.3. The molecule has 0 saturated carbocycles. The highest BCUT2D eigenvalue weighted by molar-refractivity contribution is 6.42. The highest BCUT2D eigenvalue weighted by Gasteiger charge is 2.37. The Kier molecular flexibility index (Phi) is 3.70. The number of hydrogen-bond acceptors (Lipinski definition) is 2. The van der Waals surface area contributed by atoms with Gasteiger partial charge in [-0.2, -0.15) is 0 Å². The molecule has 0 unspecified atom stereocenters. The van der Waals surface area contributed by atoms with E-state index in [1.54, 1.807) is 0 Å². The number of nitrogens with zero attached hydrogens (tertiary/aromatic N) is 1. The average molecular weight is 299 g/mol. The van der Waals surface area contributed by atoms with E-state index in [4.69, 9.17) is 23.2 Å². The van der Waals surface area contributed by atoms with Gasteiger partial charge in [-0.3, -0.25) is 4.79 Å². The zero-order chi connectivity index (χ0) is 13.4. The highest BCUT2D eigenvalue weighted by atomic mass is 35.5. The summed E-state index contributed by atoms with van der Waals surface area (Å²) < 4.78 is 0. The first-order valence-corrected chi connectivity index (χ1v) is 7.39. The number of nitrogens with one attached hydrogen (secondary N) is 1. The van der Waals surface area contributed by atoms with Gasteiger partial charge in [0.05, 0.1) is 16.1 Å². The monoisotopic (exact) mass is 298 g/mol. The number of carbonyl (C=O) groups is 1. The Morgan fingerprint density at radius 3 is 2.68 bits per heavy atom. The molecule has 0 spiro atoms. The molecule has 0 aliphatic carbocycles. The van der Waals surface area contributed by atoms with E-state index in [1.165, 1.54) is 0 Å². The van der Waals surface area contributed by atoms with Gasteiger partial charge in [0.25, 0.3) is 0 Å². The molecule has 3 nitrogen and oxygen atoms in total. The maximum absolute atomic E-state index is 12.4. The van der Waals surface area contributed by atoms with Gasteiger partial charge in [-0.05, 0) is 37.1 Å². The molecule has 3 rings (SSSR count). The number of rotatable bonds is 2. The molecule has 5 heteroatoms. The van der Waals surface area contributed by atoms with Crippen molar-refractivity contribution in [2.24, 2.45) is 0 Å². The Labute approximate surface area is 122 Å². The zero-order valence-corrected chi connectivity index (χ0v) is 12.0.